The lowest BCUT2D eigenvalue weighted by Gasteiger charge is -2.30. The van der Waals surface area contributed by atoms with Crippen molar-refractivity contribution >= 4 is 5.71 Å². The zero-order chi connectivity index (χ0) is 11.5. The summed E-state index contributed by atoms with van der Waals surface area (Å²) in [7, 11) is 0. The number of hydrogen-bond donors (Lipinski definition) is 1. The second-order valence-corrected chi connectivity index (χ2v) is 4.69. The van der Waals surface area contributed by atoms with Gasteiger partial charge in [-0.1, -0.05) is 63.2 Å². The molecule has 0 fully saturated rings. The van der Waals surface area contributed by atoms with E-state index in [1.807, 2.05) is 30.3 Å². The molecule has 0 amide bonds. The minimum atomic E-state index is -0.129. The predicted molar refractivity (Wildman–Crippen MR) is 63.4 cm³/mol. The Kier molecular flexibility index (Phi) is 3.51. The van der Waals surface area contributed by atoms with Crippen LogP contribution in [0.2, 0.25) is 0 Å². The third-order valence-corrected chi connectivity index (χ3v) is 3.20. The van der Waals surface area contributed by atoms with Crippen LogP contribution in [-0.4, -0.2) is 10.9 Å². The van der Waals surface area contributed by atoms with E-state index in [4.69, 9.17) is 5.21 Å². The van der Waals surface area contributed by atoms with E-state index in [1.165, 1.54) is 0 Å². The van der Waals surface area contributed by atoms with Crippen molar-refractivity contribution in [2.75, 3.05) is 0 Å². The monoisotopic (exact) mass is 205 g/mol. The highest BCUT2D eigenvalue weighted by Gasteiger charge is 2.30. The maximum Gasteiger partial charge on any atom is 0.0926 e. The van der Waals surface area contributed by atoms with Crippen LogP contribution in [0.25, 0.3) is 0 Å². The van der Waals surface area contributed by atoms with Gasteiger partial charge in [-0.3, -0.25) is 0 Å². The van der Waals surface area contributed by atoms with E-state index in [2.05, 4.69) is 32.9 Å². The highest BCUT2D eigenvalue weighted by Crippen LogP contribution is 2.31. The zero-order valence-electron chi connectivity index (χ0n) is 9.86. The lowest BCUT2D eigenvalue weighted by Crippen LogP contribution is -2.30. The van der Waals surface area contributed by atoms with E-state index in [1.54, 1.807) is 0 Å². The number of hydrogen-bond acceptors (Lipinski definition) is 2. The Bertz CT molecular complexity index is 339. The normalized spacial score (nSPS) is 13.3. The zero-order valence-corrected chi connectivity index (χ0v) is 9.86. The fourth-order valence-electron chi connectivity index (χ4n) is 1.43. The molecule has 0 atom stereocenters. The first kappa shape index (κ1) is 11.8. The van der Waals surface area contributed by atoms with Gasteiger partial charge in [-0.05, 0) is 11.5 Å². The van der Waals surface area contributed by atoms with Gasteiger partial charge >= 0.3 is 0 Å². The van der Waals surface area contributed by atoms with E-state index in [9.17, 15) is 0 Å². The summed E-state index contributed by atoms with van der Waals surface area (Å²) in [5.41, 5.74) is 1.60. The molecular weight excluding hydrogens is 186 g/mol. The van der Waals surface area contributed by atoms with E-state index in [0.29, 0.717) is 5.92 Å². The molecule has 0 aliphatic heterocycles. The fourth-order valence-corrected chi connectivity index (χ4v) is 1.43. The van der Waals surface area contributed by atoms with Crippen molar-refractivity contribution in [3.8, 4) is 0 Å². The van der Waals surface area contributed by atoms with Crippen molar-refractivity contribution in [3.05, 3.63) is 35.9 Å². The topological polar surface area (TPSA) is 32.6 Å². The average Bonchev–Trinajstić information content (AvgIpc) is 2.19. The molecule has 0 unspecified atom stereocenters. The molecule has 1 aromatic carbocycles. The molecule has 15 heavy (non-hydrogen) atoms. The molecular formula is C13H19NO. The number of nitrogens with zero attached hydrogens (tertiary/aromatic N) is 1. The Morgan fingerprint density at radius 3 is 2.13 bits per heavy atom. The van der Waals surface area contributed by atoms with E-state index in [-0.39, 0.29) is 5.41 Å². The quantitative estimate of drug-likeness (QED) is 0.457. The van der Waals surface area contributed by atoms with Crippen LogP contribution in [0.5, 0.6) is 0 Å². The number of rotatable bonds is 3. The lowest BCUT2D eigenvalue weighted by molar-refractivity contribution is 0.294. The van der Waals surface area contributed by atoms with Gasteiger partial charge in [0.1, 0.15) is 0 Å². The molecule has 82 valence electrons. The van der Waals surface area contributed by atoms with Crippen LogP contribution in [0.3, 0.4) is 0 Å². The molecule has 0 heterocycles. The maximum absolute atomic E-state index is 9.15. The van der Waals surface area contributed by atoms with E-state index < -0.39 is 0 Å². The predicted octanol–water partition coefficient (Wildman–Crippen LogP) is 3.55. The van der Waals surface area contributed by atoms with E-state index in [0.717, 1.165) is 11.3 Å². The molecule has 2 heteroatoms. The second kappa shape index (κ2) is 4.47. The van der Waals surface area contributed by atoms with Crippen LogP contribution in [-0.2, 0) is 0 Å². The Morgan fingerprint density at radius 1 is 1.20 bits per heavy atom. The Balaban J connectivity index is 3.12. The van der Waals surface area contributed by atoms with Gasteiger partial charge in [0, 0.05) is 5.41 Å². The molecule has 1 N–H and O–H groups in total. The summed E-state index contributed by atoms with van der Waals surface area (Å²) in [6.07, 6.45) is 0. The highest BCUT2D eigenvalue weighted by molar-refractivity contribution is 6.04. The molecule has 0 saturated heterocycles. The minimum absolute atomic E-state index is 0.129. The standard InChI is InChI=1S/C13H19NO/c1-10(2)13(3,4)12(14-15)11-8-6-5-7-9-11/h5-10,15H,1-4H3/b14-12+. The SMILES string of the molecule is CC(C)C(C)(C)/C(=N/O)c1ccccc1. The van der Waals surface area contributed by atoms with E-state index >= 15 is 0 Å². The lowest BCUT2D eigenvalue weighted by atomic mass is 9.74. The van der Waals surface area contributed by atoms with Gasteiger partial charge < -0.3 is 5.21 Å². The van der Waals surface area contributed by atoms with Crippen LogP contribution in [0.1, 0.15) is 33.3 Å². The van der Waals surface area contributed by atoms with Crippen molar-refractivity contribution in [2.45, 2.75) is 27.7 Å². The summed E-state index contributed by atoms with van der Waals surface area (Å²) in [6, 6.07) is 9.81. The van der Waals surface area contributed by atoms with Crippen LogP contribution in [0.15, 0.2) is 35.5 Å². The van der Waals surface area contributed by atoms with Crippen molar-refractivity contribution < 1.29 is 5.21 Å². The Morgan fingerprint density at radius 2 is 1.73 bits per heavy atom. The second-order valence-electron chi connectivity index (χ2n) is 4.69. The largest absolute Gasteiger partial charge is 0.411 e. The van der Waals surface area contributed by atoms with Gasteiger partial charge in [0.2, 0.25) is 0 Å². The van der Waals surface area contributed by atoms with Gasteiger partial charge in [0.05, 0.1) is 5.71 Å². The summed E-state index contributed by atoms with van der Waals surface area (Å²) >= 11 is 0. The first-order valence-corrected chi connectivity index (χ1v) is 5.28. The molecule has 0 saturated carbocycles. The minimum Gasteiger partial charge on any atom is -0.411 e. The highest BCUT2D eigenvalue weighted by atomic mass is 16.4. The summed E-state index contributed by atoms with van der Waals surface area (Å²) in [4.78, 5) is 0. The van der Waals surface area contributed by atoms with Gasteiger partial charge in [-0.15, -0.1) is 0 Å². The fraction of sp³-hybridized carbons (Fsp3) is 0.462. The Hall–Kier alpha value is -1.31. The molecule has 2 nitrogen and oxygen atoms in total. The van der Waals surface area contributed by atoms with Gasteiger partial charge in [0.15, 0.2) is 0 Å². The maximum atomic E-state index is 9.15. The molecule has 0 radical (unpaired) electrons. The molecule has 0 spiro atoms. The molecule has 1 aromatic rings. The van der Waals surface area contributed by atoms with Gasteiger partial charge in [-0.25, -0.2) is 0 Å². The van der Waals surface area contributed by atoms with Crippen LogP contribution in [0, 0.1) is 11.3 Å². The summed E-state index contributed by atoms with van der Waals surface area (Å²) in [5.74, 6) is 0.420. The van der Waals surface area contributed by atoms with Crippen LogP contribution < -0.4 is 0 Å². The van der Waals surface area contributed by atoms with Crippen molar-refractivity contribution in [1.82, 2.24) is 0 Å². The first-order valence-electron chi connectivity index (χ1n) is 5.28. The van der Waals surface area contributed by atoms with Crippen molar-refractivity contribution in [2.24, 2.45) is 16.5 Å². The number of benzene rings is 1. The number of oxime groups is 1. The first-order chi connectivity index (χ1) is 7.00. The average molecular weight is 205 g/mol. The van der Waals surface area contributed by atoms with Gasteiger partial charge in [-0.2, -0.15) is 0 Å². The molecule has 0 aromatic heterocycles. The third-order valence-electron chi connectivity index (χ3n) is 3.20. The van der Waals surface area contributed by atoms with Gasteiger partial charge in [0.25, 0.3) is 0 Å². The van der Waals surface area contributed by atoms with Crippen molar-refractivity contribution in [1.29, 1.82) is 0 Å². The van der Waals surface area contributed by atoms with Crippen LogP contribution in [0.4, 0.5) is 0 Å². The summed E-state index contributed by atoms with van der Waals surface area (Å²) in [5, 5.41) is 12.6. The smallest absolute Gasteiger partial charge is 0.0926 e. The van der Waals surface area contributed by atoms with Crippen LogP contribution >= 0.6 is 0 Å². The molecule has 0 aliphatic carbocycles. The summed E-state index contributed by atoms with van der Waals surface area (Å²) in [6.45, 7) is 8.46. The molecule has 0 aliphatic rings. The third kappa shape index (κ3) is 2.38. The molecule has 1 rings (SSSR count). The van der Waals surface area contributed by atoms with Crippen molar-refractivity contribution in [3.63, 3.8) is 0 Å². The summed E-state index contributed by atoms with van der Waals surface area (Å²) < 4.78 is 0. The Labute approximate surface area is 91.6 Å². The molecule has 0 bridgehead atoms.